The molecule has 348 valence electrons. The van der Waals surface area contributed by atoms with Crippen molar-refractivity contribution in [1.29, 1.82) is 0 Å². The predicted molar refractivity (Wildman–Crippen MR) is 242 cm³/mol. The molecule has 6 N–H and O–H groups in total. The van der Waals surface area contributed by atoms with Gasteiger partial charge in [0.1, 0.15) is 41.9 Å². The van der Waals surface area contributed by atoms with Crippen molar-refractivity contribution in [2.75, 3.05) is 45.5 Å². The number of aliphatic hydroxyl groups is 1. The molecule has 0 saturated carbocycles. The van der Waals surface area contributed by atoms with Gasteiger partial charge in [-0.2, -0.15) is 11.8 Å². The van der Waals surface area contributed by atoms with E-state index in [1.165, 1.54) is 23.9 Å². The summed E-state index contributed by atoms with van der Waals surface area (Å²) in [6, 6.07) is 4.36. The number of aliphatic hydroxyl groups excluding tert-OH is 1. The van der Waals surface area contributed by atoms with Gasteiger partial charge in [0.05, 0.1) is 6.04 Å². The average molecular weight is 906 g/mol. The highest BCUT2D eigenvalue weighted by molar-refractivity contribution is 7.98. The number of ether oxygens (including phenoxy) is 2. The maximum Gasteiger partial charge on any atom is 0.426 e. The second kappa shape index (κ2) is 27.3. The van der Waals surface area contributed by atoms with Gasteiger partial charge < -0.3 is 35.2 Å². The van der Waals surface area contributed by atoms with Gasteiger partial charge in [-0.1, -0.05) is 72.9 Å². The molecule has 1 unspecified atom stereocenters. The summed E-state index contributed by atoms with van der Waals surface area (Å²) in [5.41, 5.74) is 5.51. The first-order valence-electron chi connectivity index (χ1n) is 21.9. The molecule has 2 aromatic rings. The molecule has 16 nitrogen and oxygen atoms in total. The van der Waals surface area contributed by atoms with Crippen LogP contribution in [0.25, 0.3) is 0 Å². The van der Waals surface area contributed by atoms with Crippen LogP contribution in [0.5, 0.6) is 5.75 Å². The van der Waals surface area contributed by atoms with Gasteiger partial charge in [-0.3, -0.25) is 29.5 Å². The molecular formula is C44H71N7O9S2. The number of unbranched alkanes of at least 4 members (excludes halogenated alkanes) is 1. The van der Waals surface area contributed by atoms with Crippen LogP contribution >= 0.6 is 23.1 Å². The summed E-state index contributed by atoms with van der Waals surface area (Å²) in [5, 5.41) is 29.5. The van der Waals surface area contributed by atoms with E-state index in [-0.39, 0.29) is 67.3 Å². The molecule has 1 aliphatic rings. The lowest BCUT2D eigenvalue weighted by atomic mass is 9.92. The summed E-state index contributed by atoms with van der Waals surface area (Å²) < 4.78 is 11.1. The topological polar surface area (TPSA) is 212 Å². The van der Waals surface area contributed by atoms with Crippen LogP contribution < -0.4 is 21.5 Å². The molecule has 0 aliphatic carbocycles. The van der Waals surface area contributed by atoms with Crippen molar-refractivity contribution in [3.8, 4) is 5.75 Å². The number of thiazole rings is 1. The highest BCUT2D eigenvalue weighted by Gasteiger charge is 2.38. The molecule has 0 spiro atoms. The predicted octanol–water partition coefficient (Wildman–Crippen LogP) is 5.40. The smallest absolute Gasteiger partial charge is 0.426 e. The van der Waals surface area contributed by atoms with Crippen LogP contribution in [0, 0.1) is 17.8 Å². The standard InChI is InChI=1S/C44H71N7O9S2/c1-9-11-20-59-27-51(43(57)38(29(5)10-2)47-41(56)35-14-12-13-19-50(35)7)36(28(3)4)25-37(53)42-46-34(26-62-42)40(55)45-32(24-31-15-17-33(52)18-16-31)23-30(6)39(54)48-49-44(58)60-21-22-61-8/h15-18,26,28-30,32,35-38,52-53H,9-14,19-25,27H2,1-8H3,(H,45,55)(H,47,56)(H,48,54)(H,49,58)/t29?,30-,32+,35+,36+,37+,38-/m0/s1. The monoisotopic (exact) mass is 905 g/mol. The number of hydrogen-bond acceptors (Lipinski definition) is 13. The minimum atomic E-state index is -1.14. The van der Waals surface area contributed by atoms with Crippen LogP contribution in [0.2, 0.25) is 0 Å². The van der Waals surface area contributed by atoms with Crippen LogP contribution in [-0.4, -0.2) is 124 Å². The van der Waals surface area contributed by atoms with Gasteiger partial charge in [0.25, 0.3) is 5.91 Å². The molecule has 1 fully saturated rings. The third-order valence-electron chi connectivity index (χ3n) is 11.3. The summed E-state index contributed by atoms with van der Waals surface area (Å²) in [6.07, 6.45) is 5.69. The Hall–Kier alpha value is -3.97. The average Bonchev–Trinajstić information content (AvgIpc) is 3.75. The van der Waals surface area contributed by atoms with Crippen LogP contribution in [0.3, 0.4) is 0 Å². The van der Waals surface area contributed by atoms with Crippen LogP contribution in [-0.2, 0) is 30.3 Å². The van der Waals surface area contributed by atoms with E-state index in [0.29, 0.717) is 30.2 Å². The normalized spacial score (nSPS) is 17.2. The molecule has 2 heterocycles. The van der Waals surface area contributed by atoms with E-state index < -0.39 is 48.1 Å². The minimum Gasteiger partial charge on any atom is -0.508 e. The van der Waals surface area contributed by atoms with Gasteiger partial charge in [-0.25, -0.2) is 15.2 Å². The summed E-state index contributed by atoms with van der Waals surface area (Å²) in [5.74, 6) is -1.65. The van der Waals surface area contributed by atoms with E-state index in [2.05, 4.69) is 33.4 Å². The fourth-order valence-corrected chi connectivity index (χ4v) is 8.32. The molecule has 7 atom stereocenters. The first kappa shape index (κ1) is 52.4. The van der Waals surface area contributed by atoms with Crippen molar-refractivity contribution in [3.05, 3.63) is 45.9 Å². The van der Waals surface area contributed by atoms with Gasteiger partial charge in [0, 0.05) is 42.2 Å². The van der Waals surface area contributed by atoms with E-state index in [9.17, 15) is 34.2 Å². The molecule has 1 aliphatic heterocycles. The van der Waals surface area contributed by atoms with Crippen LogP contribution in [0.1, 0.15) is 120 Å². The number of thioether (sulfide) groups is 1. The first-order valence-corrected chi connectivity index (χ1v) is 24.2. The SMILES string of the molecule is CCCCOCN(C(=O)[C@@H](NC(=O)[C@H]1CCCCN1C)C(C)CC)[C@H](C[C@@H](O)c1nc(C(=O)N[C@@H](Cc2ccc(O)cc2)C[C@H](C)C(=O)NNC(=O)OCCSC)cs1)C(C)C. The third-order valence-corrected chi connectivity index (χ3v) is 12.8. The zero-order valence-electron chi connectivity index (χ0n) is 37.8. The third kappa shape index (κ3) is 17.0. The number of amides is 5. The van der Waals surface area contributed by atoms with Crippen molar-refractivity contribution in [2.24, 2.45) is 17.8 Å². The lowest BCUT2D eigenvalue weighted by molar-refractivity contribution is -0.149. The molecule has 18 heteroatoms. The van der Waals surface area contributed by atoms with Gasteiger partial charge >= 0.3 is 6.09 Å². The highest BCUT2D eigenvalue weighted by Crippen LogP contribution is 2.29. The number of aromatic hydroxyl groups is 1. The number of rotatable bonds is 25. The van der Waals surface area contributed by atoms with Crippen molar-refractivity contribution in [1.82, 2.24) is 36.3 Å². The largest absolute Gasteiger partial charge is 0.508 e. The number of carbonyl (C=O) groups is 5. The van der Waals surface area contributed by atoms with Crippen molar-refractivity contribution >= 4 is 52.8 Å². The molecule has 0 bridgehead atoms. The second-order valence-electron chi connectivity index (χ2n) is 16.6. The zero-order valence-corrected chi connectivity index (χ0v) is 39.4. The Morgan fingerprint density at radius 1 is 1.02 bits per heavy atom. The molecule has 1 aromatic heterocycles. The van der Waals surface area contributed by atoms with Gasteiger partial charge in [0.15, 0.2) is 0 Å². The van der Waals surface area contributed by atoms with E-state index in [1.54, 1.807) is 29.3 Å². The molecule has 1 saturated heterocycles. The fraction of sp³-hybridized carbons (Fsp3) is 0.682. The molecular weight excluding hydrogens is 835 g/mol. The number of likely N-dealkylation sites (tertiary alicyclic amines) is 1. The Balaban J connectivity index is 1.79. The number of likely N-dealkylation sites (N-methyl/N-ethyl adjacent to an activating group) is 1. The quantitative estimate of drug-likeness (QED) is 0.0420. The van der Waals surface area contributed by atoms with Crippen molar-refractivity contribution < 1.29 is 43.7 Å². The Morgan fingerprint density at radius 2 is 1.74 bits per heavy atom. The molecule has 1 aromatic carbocycles. The summed E-state index contributed by atoms with van der Waals surface area (Å²) >= 11 is 2.64. The van der Waals surface area contributed by atoms with Gasteiger partial charge in [-0.05, 0) is 81.5 Å². The number of hydrazine groups is 1. The van der Waals surface area contributed by atoms with Gasteiger partial charge in [-0.15, -0.1) is 11.3 Å². The van der Waals surface area contributed by atoms with Crippen molar-refractivity contribution in [2.45, 2.75) is 130 Å². The number of nitrogens with zero attached hydrogens (tertiary/aromatic N) is 3. The maximum atomic E-state index is 14.7. The van der Waals surface area contributed by atoms with E-state index >= 15 is 0 Å². The highest BCUT2D eigenvalue weighted by atomic mass is 32.2. The number of phenols is 1. The molecule has 3 rings (SSSR count). The number of benzene rings is 1. The lowest BCUT2D eigenvalue weighted by Crippen LogP contribution is -2.59. The number of piperidine rings is 1. The maximum absolute atomic E-state index is 14.7. The Kier molecular flexibility index (Phi) is 23.0. The van der Waals surface area contributed by atoms with Gasteiger partial charge in [0.2, 0.25) is 17.7 Å². The summed E-state index contributed by atoms with van der Waals surface area (Å²) in [4.78, 5) is 75.2. The minimum absolute atomic E-state index is 0.0106. The number of phenolic OH excluding ortho intramolecular Hbond substituents is 1. The Morgan fingerprint density at radius 3 is 2.39 bits per heavy atom. The number of nitrogens with one attached hydrogen (secondary N) is 4. The number of hydrogen-bond donors (Lipinski definition) is 6. The van der Waals surface area contributed by atoms with E-state index in [4.69, 9.17) is 9.47 Å². The molecule has 0 radical (unpaired) electrons. The molecule has 62 heavy (non-hydrogen) atoms. The first-order chi connectivity index (χ1) is 29.6. The summed E-state index contributed by atoms with van der Waals surface area (Å²) in [6.45, 7) is 13.1. The van der Waals surface area contributed by atoms with Crippen LogP contribution in [0.4, 0.5) is 4.79 Å². The summed E-state index contributed by atoms with van der Waals surface area (Å²) in [7, 11) is 1.94. The van der Waals surface area contributed by atoms with E-state index in [0.717, 1.165) is 55.5 Å². The Bertz CT molecular complexity index is 1700. The Labute approximate surface area is 376 Å². The van der Waals surface area contributed by atoms with E-state index in [1.807, 2.05) is 45.9 Å². The number of aromatic nitrogens is 1. The fourth-order valence-electron chi connectivity index (χ4n) is 7.28. The zero-order chi connectivity index (χ0) is 45.8. The molecule has 5 amide bonds. The second-order valence-corrected chi connectivity index (χ2v) is 18.5. The lowest BCUT2D eigenvalue weighted by Gasteiger charge is -2.39. The number of carbonyl (C=O) groups excluding carboxylic acids is 5. The van der Waals surface area contributed by atoms with Crippen LogP contribution in [0.15, 0.2) is 29.6 Å². The van der Waals surface area contributed by atoms with Crippen molar-refractivity contribution in [3.63, 3.8) is 0 Å².